The van der Waals surface area contributed by atoms with Crippen molar-refractivity contribution in [3.63, 3.8) is 0 Å². The average Bonchev–Trinajstić information content (AvgIpc) is 2.64. The molecule has 0 saturated carbocycles. The van der Waals surface area contributed by atoms with E-state index >= 15 is 0 Å². The Balaban J connectivity index is 0.00000364. The standard InChI is InChI=1S/C20H23FN4O.HI/c1-14-6-4-5-7-19(14)26-15(2)12-24-20(23-3)25-13-17-9-8-16(11-22)10-18(17)21;/h4-10,15H,12-13H2,1-3H3,(H2,23,24,25);1H. The number of para-hydroxylation sites is 1. The van der Waals surface area contributed by atoms with Crippen LogP contribution in [0, 0.1) is 24.1 Å². The van der Waals surface area contributed by atoms with E-state index in [0.29, 0.717) is 23.6 Å². The topological polar surface area (TPSA) is 69.4 Å². The predicted octanol–water partition coefficient (Wildman–Crippen LogP) is 3.76. The lowest BCUT2D eigenvalue weighted by atomic mass is 10.1. The molecule has 7 heteroatoms. The maximum Gasteiger partial charge on any atom is 0.191 e. The summed E-state index contributed by atoms with van der Waals surface area (Å²) >= 11 is 0. The molecule has 0 amide bonds. The van der Waals surface area contributed by atoms with Crippen LogP contribution in [0.15, 0.2) is 47.5 Å². The molecule has 0 bridgehead atoms. The summed E-state index contributed by atoms with van der Waals surface area (Å²) < 4.78 is 19.8. The van der Waals surface area contributed by atoms with Crippen LogP contribution in [0.1, 0.15) is 23.6 Å². The number of aliphatic imine (C=N–C) groups is 1. The van der Waals surface area contributed by atoms with Gasteiger partial charge >= 0.3 is 0 Å². The first-order chi connectivity index (χ1) is 12.5. The van der Waals surface area contributed by atoms with Crippen LogP contribution in [-0.2, 0) is 6.54 Å². The summed E-state index contributed by atoms with van der Waals surface area (Å²) in [5, 5.41) is 15.0. The average molecular weight is 482 g/mol. The Morgan fingerprint density at radius 3 is 2.63 bits per heavy atom. The van der Waals surface area contributed by atoms with Gasteiger partial charge in [0.2, 0.25) is 0 Å². The van der Waals surface area contributed by atoms with Crippen molar-refractivity contribution in [3.05, 3.63) is 65.0 Å². The number of nitrogens with one attached hydrogen (secondary N) is 2. The predicted molar refractivity (Wildman–Crippen MR) is 116 cm³/mol. The Hall–Kier alpha value is -2.34. The van der Waals surface area contributed by atoms with E-state index in [1.54, 1.807) is 19.2 Å². The summed E-state index contributed by atoms with van der Waals surface area (Å²) in [5.41, 5.74) is 1.85. The molecule has 144 valence electrons. The van der Waals surface area contributed by atoms with E-state index in [4.69, 9.17) is 10.00 Å². The number of nitrogens with zero attached hydrogens (tertiary/aromatic N) is 2. The lowest BCUT2D eigenvalue weighted by Crippen LogP contribution is -2.41. The van der Waals surface area contributed by atoms with Gasteiger partial charge in [0.1, 0.15) is 17.7 Å². The Labute approximate surface area is 176 Å². The van der Waals surface area contributed by atoms with Crippen molar-refractivity contribution in [2.24, 2.45) is 4.99 Å². The molecule has 2 N–H and O–H groups in total. The van der Waals surface area contributed by atoms with Gasteiger partial charge in [-0.25, -0.2) is 4.39 Å². The molecule has 0 aromatic heterocycles. The molecular weight excluding hydrogens is 458 g/mol. The van der Waals surface area contributed by atoms with Crippen LogP contribution in [0.4, 0.5) is 4.39 Å². The minimum atomic E-state index is -0.414. The zero-order valence-corrected chi connectivity index (χ0v) is 18.0. The van der Waals surface area contributed by atoms with E-state index in [1.165, 1.54) is 6.07 Å². The van der Waals surface area contributed by atoms with Gasteiger partial charge in [-0.1, -0.05) is 24.3 Å². The summed E-state index contributed by atoms with van der Waals surface area (Å²) in [6.45, 7) is 4.78. The third kappa shape index (κ3) is 7.06. The first kappa shape index (κ1) is 22.7. The molecule has 0 saturated heterocycles. The number of rotatable bonds is 6. The summed E-state index contributed by atoms with van der Waals surface area (Å²) in [6.07, 6.45) is -0.0682. The molecule has 2 rings (SSSR count). The summed E-state index contributed by atoms with van der Waals surface area (Å²) in [4.78, 5) is 4.13. The first-order valence-electron chi connectivity index (χ1n) is 8.38. The molecule has 0 aliphatic rings. The van der Waals surface area contributed by atoms with Crippen LogP contribution >= 0.6 is 24.0 Å². The highest BCUT2D eigenvalue weighted by atomic mass is 127. The summed E-state index contributed by atoms with van der Waals surface area (Å²) in [7, 11) is 1.65. The van der Waals surface area contributed by atoms with Gasteiger partial charge in [-0.2, -0.15) is 5.26 Å². The third-order valence-corrected chi connectivity index (χ3v) is 3.83. The van der Waals surface area contributed by atoms with Gasteiger partial charge in [-0.05, 0) is 37.6 Å². The van der Waals surface area contributed by atoms with Gasteiger partial charge in [0, 0.05) is 19.2 Å². The highest BCUT2D eigenvalue weighted by molar-refractivity contribution is 14.0. The number of ether oxygens (including phenoxy) is 1. The fourth-order valence-electron chi connectivity index (χ4n) is 2.35. The zero-order chi connectivity index (χ0) is 18.9. The van der Waals surface area contributed by atoms with E-state index in [1.807, 2.05) is 44.2 Å². The van der Waals surface area contributed by atoms with Crippen LogP contribution in [0.25, 0.3) is 0 Å². The second kappa shape index (κ2) is 11.4. The molecule has 0 radical (unpaired) electrons. The monoisotopic (exact) mass is 482 g/mol. The Kier molecular flexibility index (Phi) is 9.58. The van der Waals surface area contributed by atoms with Crippen LogP contribution < -0.4 is 15.4 Å². The van der Waals surface area contributed by atoms with Crippen LogP contribution in [0.5, 0.6) is 5.75 Å². The quantitative estimate of drug-likeness (QED) is 0.374. The molecule has 0 aliphatic heterocycles. The number of benzene rings is 2. The second-order valence-corrected chi connectivity index (χ2v) is 5.92. The highest BCUT2D eigenvalue weighted by Crippen LogP contribution is 2.17. The fourth-order valence-corrected chi connectivity index (χ4v) is 2.35. The van der Waals surface area contributed by atoms with Crippen LogP contribution in [-0.4, -0.2) is 25.7 Å². The zero-order valence-electron chi connectivity index (χ0n) is 15.6. The molecule has 1 unspecified atom stereocenters. The van der Waals surface area contributed by atoms with E-state index in [-0.39, 0.29) is 36.6 Å². The lowest BCUT2D eigenvalue weighted by Gasteiger charge is -2.19. The van der Waals surface area contributed by atoms with Gasteiger partial charge in [0.05, 0.1) is 18.2 Å². The Bertz CT molecular complexity index is 820. The molecule has 0 heterocycles. The normalized spacial score (nSPS) is 11.7. The van der Waals surface area contributed by atoms with Gasteiger partial charge in [0.25, 0.3) is 0 Å². The van der Waals surface area contributed by atoms with Gasteiger partial charge in [0.15, 0.2) is 5.96 Å². The molecule has 27 heavy (non-hydrogen) atoms. The maximum atomic E-state index is 13.9. The summed E-state index contributed by atoms with van der Waals surface area (Å²) in [5.74, 6) is 0.988. The van der Waals surface area contributed by atoms with Crippen molar-refractivity contribution in [1.82, 2.24) is 10.6 Å². The second-order valence-electron chi connectivity index (χ2n) is 5.92. The van der Waals surface area contributed by atoms with Crippen LogP contribution in [0.2, 0.25) is 0 Å². The molecule has 0 spiro atoms. The third-order valence-electron chi connectivity index (χ3n) is 3.83. The SMILES string of the molecule is CN=C(NCc1ccc(C#N)cc1F)NCC(C)Oc1ccccc1C.I. The van der Waals surface area contributed by atoms with E-state index in [9.17, 15) is 4.39 Å². The Morgan fingerprint density at radius 2 is 2.00 bits per heavy atom. The smallest absolute Gasteiger partial charge is 0.191 e. The van der Waals surface area contributed by atoms with Crippen molar-refractivity contribution in [3.8, 4) is 11.8 Å². The lowest BCUT2D eigenvalue weighted by molar-refractivity contribution is 0.222. The molecule has 2 aromatic rings. The number of halogens is 2. The minimum absolute atomic E-state index is 0. The van der Waals surface area contributed by atoms with Crippen molar-refractivity contribution in [1.29, 1.82) is 5.26 Å². The highest BCUT2D eigenvalue weighted by Gasteiger charge is 2.08. The fraction of sp³-hybridized carbons (Fsp3) is 0.300. The number of aryl methyl sites for hydroxylation is 1. The number of hydrogen-bond acceptors (Lipinski definition) is 3. The van der Waals surface area contributed by atoms with Gasteiger partial charge in [-0.15, -0.1) is 24.0 Å². The van der Waals surface area contributed by atoms with Crippen molar-refractivity contribution in [2.45, 2.75) is 26.5 Å². The van der Waals surface area contributed by atoms with Crippen LogP contribution in [0.3, 0.4) is 0 Å². The van der Waals surface area contributed by atoms with Gasteiger partial charge in [-0.3, -0.25) is 4.99 Å². The maximum absolute atomic E-state index is 13.9. The van der Waals surface area contributed by atoms with E-state index in [0.717, 1.165) is 11.3 Å². The van der Waals surface area contributed by atoms with E-state index in [2.05, 4.69) is 15.6 Å². The molecule has 2 aromatic carbocycles. The molecule has 5 nitrogen and oxygen atoms in total. The molecular formula is C20H24FIN4O. The number of nitriles is 1. The van der Waals surface area contributed by atoms with Crippen molar-refractivity contribution >= 4 is 29.9 Å². The van der Waals surface area contributed by atoms with Gasteiger partial charge < -0.3 is 15.4 Å². The minimum Gasteiger partial charge on any atom is -0.489 e. The molecule has 0 aliphatic carbocycles. The molecule has 0 fully saturated rings. The number of hydrogen-bond donors (Lipinski definition) is 2. The first-order valence-corrected chi connectivity index (χ1v) is 8.38. The van der Waals surface area contributed by atoms with Crippen molar-refractivity contribution < 1.29 is 9.13 Å². The molecule has 1 atom stereocenters. The van der Waals surface area contributed by atoms with Crippen molar-refractivity contribution in [2.75, 3.05) is 13.6 Å². The largest absolute Gasteiger partial charge is 0.489 e. The Morgan fingerprint density at radius 1 is 1.26 bits per heavy atom. The number of guanidine groups is 1. The summed E-state index contributed by atoms with van der Waals surface area (Å²) in [6, 6.07) is 14.2. The van der Waals surface area contributed by atoms with E-state index < -0.39 is 5.82 Å².